The van der Waals surface area contributed by atoms with E-state index in [9.17, 15) is 13.2 Å². The largest absolute Gasteiger partial charge is 0.490 e. The Hall–Kier alpha value is -2.80. The van der Waals surface area contributed by atoms with Crippen LogP contribution >= 0.6 is 0 Å². The van der Waals surface area contributed by atoms with Gasteiger partial charge >= 0.3 is 0 Å². The number of amides is 1. The summed E-state index contributed by atoms with van der Waals surface area (Å²) in [5.41, 5.74) is 7.96. The molecule has 4 atom stereocenters. The van der Waals surface area contributed by atoms with Gasteiger partial charge in [-0.05, 0) is 67.9 Å². The smallest absolute Gasteiger partial charge is 0.248 e. The minimum Gasteiger partial charge on any atom is -0.490 e. The summed E-state index contributed by atoms with van der Waals surface area (Å²) in [4.78, 5) is 11.7. The first-order valence-electron chi connectivity index (χ1n) is 13.0. The van der Waals surface area contributed by atoms with Gasteiger partial charge in [0.25, 0.3) is 0 Å². The SMILES string of the molecule is C=CC[C@H](CCCC)[C@@H](C)S(=O)(=O)C1CCc2ccccc2C12CNc1cc(C(N)=O)ccc1OC2. The summed E-state index contributed by atoms with van der Waals surface area (Å²) in [5, 5.41) is 2.36. The number of fused-ring (bicyclic) bond motifs is 3. The van der Waals surface area contributed by atoms with Gasteiger partial charge in [-0.2, -0.15) is 0 Å². The minimum absolute atomic E-state index is 0.0386. The molecule has 1 spiro atoms. The van der Waals surface area contributed by atoms with Crippen LogP contribution in [0.5, 0.6) is 5.75 Å². The molecular weight excluding hydrogens is 472 g/mol. The monoisotopic (exact) mass is 510 g/mol. The number of carbonyl (C=O) groups excluding carboxylic acids is 1. The third-order valence-corrected chi connectivity index (χ3v) is 11.1. The standard InChI is InChI=1S/C29H38N2O4S/c1-4-6-10-21(9-5-2)20(3)36(33,34)27-16-14-22-11-7-8-12-24(22)29(27)18-31-25-17-23(28(30)32)13-15-26(25)35-19-29/h5,7-8,11-13,15,17,20-21,27,31H,2,4,6,9-10,14,16,18-19H2,1,3H3,(H2,30,32)/t20-,21-,27?,29?/m1/s1. The maximum atomic E-state index is 14.4. The second-order valence-corrected chi connectivity index (χ2v) is 12.8. The van der Waals surface area contributed by atoms with E-state index >= 15 is 0 Å². The van der Waals surface area contributed by atoms with Crippen molar-refractivity contribution in [2.45, 2.75) is 68.3 Å². The second-order valence-electron chi connectivity index (χ2n) is 10.3. The predicted molar refractivity (Wildman–Crippen MR) is 145 cm³/mol. The van der Waals surface area contributed by atoms with Gasteiger partial charge in [0.1, 0.15) is 12.4 Å². The highest BCUT2D eigenvalue weighted by atomic mass is 32.2. The van der Waals surface area contributed by atoms with Crippen LogP contribution in [0.2, 0.25) is 0 Å². The first kappa shape index (κ1) is 26.3. The van der Waals surface area contributed by atoms with Crippen LogP contribution < -0.4 is 15.8 Å². The molecule has 2 aromatic carbocycles. The Labute approximate surface area is 215 Å². The number of sulfone groups is 1. The van der Waals surface area contributed by atoms with Gasteiger partial charge in [-0.1, -0.05) is 50.1 Å². The highest BCUT2D eigenvalue weighted by Crippen LogP contribution is 2.46. The molecule has 36 heavy (non-hydrogen) atoms. The summed E-state index contributed by atoms with van der Waals surface area (Å²) in [6.45, 7) is 8.53. The molecule has 7 heteroatoms. The third-order valence-electron chi connectivity index (χ3n) is 8.17. The number of unbranched alkanes of at least 4 members (excludes halogenated alkanes) is 1. The van der Waals surface area contributed by atoms with E-state index in [4.69, 9.17) is 10.5 Å². The summed E-state index contributed by atoms with van der Waals surface area (Å²) >= 11 is 0. The summed E-state index contributed by atoms with van der Waals surface area (Å²) in [7, 11) is -3.53. The molecule has 0 bridgehead atoms. The van der Waals surface area contributed by atoms with Gasteiger partial charge in [0.2, 0.25) is 5.91 Å². The number of ether oxygens (including phenoxy) is 1. The maximum Gasteiger partial charge on any atom is 0.248 e. The predicted octanol–water partition coefficient (Wildman–Crippen LogP) is 5.03. The van der Waals surface area contributed by atoms with Crippen LogP contribution in [0.4, 0.5) is 5.69 Å². The lowest BCUT2D eigenvalue weighted by Gasteiger charge is -2.45. The van der Waals surface area contributed by atoms with Gasteiger partial charge in [-0.25, -0.2) is 8.42 Å². The van der Waals surface area contributed by atoms with Crippen LogP contribution in [0.3, 0.4) is 0 Å². The number of nitrogens with two attached hydrogens (primary N) is 1. The third kappa shape index (κ3) is 4.77. The van der Waals surface area contributed by atoms with E-state index in [0.717, 1.165) is 24.8 Å². The lowest BCUT2D eigenvalue weighted by Crippen LogP contribution is -2.57. The molecule has 3 N–H and O–H groups in total. The number of primary amides is 1. The molecule has 1 aliphatic heterocycles. The topological polar surface area (TPSA) is 98.5 Å². The van der Waals surface area contributed by atoms with Crippen molar-refractivity contribution >= 4 is 21.4 Å². The number of allylic oxidation sites excluding steroid dienone is 1. The van der Waals surface area contributed by atoms with Crippen molar-refractivity contribution in [2.75, 3.05) is 18.5 Å². The molecule has 0 saturated carbocycles. The molecule has 1 aliphatic carbocycles. The lowest BCUT2D eigenvalue weighted by atomic mass is 9.70. The van der Waals surface area contributed by atoms with E-state index < -0.39 is 31.7 Å². The highest BCUT2D eigenvalue weighted by Gasteiger charge is 2.53. The molecule has 194 valence electrons. The number of hydrogen-bond acceptors (Lipinski definition) is 5. The van der Waals surface area contributed by atoms with Crippen LogP contribution in [0.15, 0.2) is 55.1 Å². The zero-order valence-corrected chi connectivity index (χ0v) is 22.1. The van der Waals surface area contributed by atoms with Gasteiger partial charge in [0, 0.05) is 12.1 Å². The number of aryl methyl sites for hydroxylation is 1. The van der Waals surface area contributed by atoms with Crippen molar-refractivity contribution in [3.8, 4) is 5.75 Å². The molecule has 2 unspecified atom stereocenters. The van der Waals surface area contributed by atoms with Gasteiger partial charge in [0.05, 0.1) is 21.6 Å². The quantitative estimate of drug-likeness (QED) is 0.461. The van der Waals surface area contributed by atoms with Gasteiger partial charge < -0.3 is 15.8 Å². The summed E-state index contributed by atoms with van der Waals surface area (Å²) in [6.07, 6.45) is 6.70. The van der Waals surface area contributed by atoms with Gasteiger partial charge in [-0.3, -0.25) is 4.79 Å². The molecule has 0 fully saturated rings. The van der Waals surface area contributed by atoms with Crippen molar-refractivity contribution in [3.63, 3.8) is 0 Å². The summed E-state index contributed by atoms with van der Waals surface area (Å²) in [5.74, 6) is 0.115. The first-order chi connectivity index (χ1) is 17.2. The second kappa shape index (κ2) is 10.7. The van der Waals surface area contributed by atoms with Crippen molar-refractivity contribution in [2.24, 2.45) is 11.7 Å². The van der Waals surface area contributed by atoms with E-state index in [0.29, 0.717) is 42.8 Å². The summed E-state index contributed by atoms with van der Waals surface area (Å²) in [6, 6.07) is 13.2. The number of carbonyl (C=O) groups is 1. The number of rotatable bonds is 9. The molecule has 0 saturated heterocycles. The Morgan fingerprint density at radius 1 is 1.31 bits per heavy atom. The van der Waals surface area contributed by atoms with E-state index in [2.05, 4.69) is 31.0 Å². The average molecular weight is 511 g/mol. The molecular formula is C29H38N2O4S. The Kier molecular flexibility index (Phi) is 7.79. The molecule has 2 aromatic rings. The number of benzene rings is 2. The highest BCUT2D eigenvalue weighted by molar-refractivity contribution is 7.92. The van der Waals surface area contributed by atoms with Crippen molar-refractivity contribution in [1.82, 2.24) is 0 Å². The zero-order valence-electron chi connectivity index (χ0n) is 21.3. The Morgan fingerprint density at radius 3 is 2.81 bits per heavy atom. The Bertz CT molecular complexity index is 1230. The molecule has 2 aliphatic rings. The lowest BCUT2D eigenvalue weighted by molar-refractivity contribution is 0.1000. The Morgan fingerprint density at radius 2 is 2.08 bits per heavy atom. The molecule has 0 aromatic heterocycles. The van der Waals surface area contributed by atoms with Crippen molar-refractivity contribution in [3.05, 3.63) is 71.8 Å². The fraction of sp³-hybridized carbons (Fsp3) is 0.483. The van der Waals surface area contributed by atoms with Gasteiger partial charge in [-0.15, -0.1) is 6.58 Å². The van der Waals surface area contributed by atoms with Crippen molar-refractivity contribution in [1.29, 1.82) is 0 Å². The molecule has 6 nitrogen and oxygen atoms in total. The number of nitrogens with one attached hydrogen (secondary N) is 1. The molecule has 4 rings (SSSR count). The van der Waals surface area contributed by atoms with E-state index in [1.165, 1.54) is 5.56 Å². The number of hydrogen-bond donors (Lipinski definition) is 2. The first-order valence-corrected chi connectivity index (χ1v) is 14.6. The molecule has 1 amide bonds. The van der Waals surface area contributed by atoms with Crippen LogP contribution in [0, 0.1) is 5.92 Å². The fourth-order valence-corrected chi connectivity index (χ4v) is 8.68. The van der Waals surface area contributed by atoms with Crippen LogP contribution in [0.25, 0.3) is 0 Å². The van der Waals surface area contributed by atoms with E-state index in [-0.39, 0.29) is 12.5 Å². The number of anilines is 1. The van der Waals surface area contributed by atoms with Crippen LogP contribution in [-0.4, -0.2) is 38.0 Å². The Balaban J connectivity index is 1.76. The molecule has 1 heterocycles. The van der Waals surface area contributed by atoms with E-state index in [1.807, 2.05) is 25.1 Å². The fourth-order valence-electron chi connectivity index (χ4n) is 6.03. The summed E-state index contributed by atoms with van der Waals surface area (Å²) < 4.78 is 35.1. The van der Waals surface area contributed by atoms with Crippen LogP contribution in [-0.2, 0) is 21.7 Å². The normalized spacial score (nSPS) is 22.8. The minimum atomic E-state index is -3.53. The maximum absolute atomic E-state index is 14.4. The van der Waals surface area contributed by atoms with E-state index in [1.54, 1.807) is 18.2 Å². The van der Waals surface area contributed by atoms with Crippen LogP contribution in [0.1, 0.15) is 67.4 Å². The van der Waals surface area contributed by atoms with Gasteiger partial charge in [0.15, 0.2) is 9.84 Å². The average Bonchev–Trinajstić information content (AvgIpc) is 3.06. The van der Waals surface area contributed by atoms with Crippen molar-refractivity contribution < 1.29 is 17.9 Å². The molecule has 0 radical (unpaired) electrons. The zero-order chi connectivity index (χ0) is 25.9.